The molecule has 1 aromatic heterocycles. The van der Waals surface area contributed by atoms with Crippen LogP contribution in [0.15, 0.2) is 5.38 Å². The molecule has 1 amide bonds. The molecule has 0 radical (unpaired) electrons. The highest BCUT2D eigenvalue weighted by atomic mass is 32.1. The molecular formula is C11H15N3O3S. The number of carbonyl (C=O) groups excluding carboxylic acids is 1. The first kappa shape index (κ1) is 13.0. The average molecular weight is 269 g/mol. The van der Waals surface area contributed by atoms with Gasteiger partial charge in [-0.05, 0) is 19.4 Å². The van der Waals surface area contributed by atoms with Gasteiger partial charge in [0, 0.05) is 5.38 Å². The SMILES string of the molecule is O=C(O)c1csc(CNC(=O)[C@@H]2CCCCN2)n1. The van der Waals surface area contributed by atoms with Crippen molar-refractivity contribution >= 4 is 23.2 Å². The van der Waals surface area contributed by atoms with Gasteiger partial charge in [0.25, 0.3) is 0 Å². The highest BCUT2D eigenvalue weighted by molar-refractivity contribution is 7.09. The number of aromatic carboxylic acids is 1. The van der Waals surface area contributed by atoms with Gasteiger partial charge in [0.1, 0.15) is 5.01 Å². The highest BCUT2D eigenvalue weighted by Gasteiger charge is 2.20. The van der Waals surface area contributed by atoms with E-state index in [9.17, 15) is 9.59 Å². The third kappa shape index (κ3) is 3.27. The summed E-state index contributed by atoms with van der Waals surface area (Å²) in [4.78, 5) is 26.4. The molecule has 18 heavy (non-hydrogen) atoms. The number of piperidine rings is 1. The lowest BCUT2D eigenvalue weighted by molar-refractivity contribution is -0.123. The summed E-state index contributed by atoms with van der Waals surface area (Å²) in [5.74, 6) is -1.08. The summed E-state index contributed by atoms with van der Waals surface area (Å²) >= 11 is 1.24. The van der Waals surface area contributed by atoms with Crippen molar-refractivity contribution in [2.45, 2.75) is 31.8 Å². The van der Waals surface area contributed by atoms with Gasteiger partial charge in [-0.1, -0.05) is 6.42 Å². The van der Waals surface area contributed by atoms with E-state index < -0.39 is 5.97 Å². The van der Waals surface area contributed by atoms with Gasteiger partial charge >= 0.3 is 5.97 Å². The van der Waals surface area contributed by atoms with E-state index in [1.807, 2.05) is 0 Å². The van der Waals surface area contributed by atoms with E-state index >= 15 is 0 Å². The second-order valence-corrected chi connectivity index (χ2v) is 5.09. The first-order valence-corrected chi connectivity index (χ1v) is 6.73. The topological polar surface area (TPSA) is 91.3 Å². The lowest BCUT2D eigenvalue weighted by Gasteiger charge is -2.22. The molecule has 1 saturated heterocycles. The first-order valence-electron chi connectivity index (χ1n) is 5.85. The van der Waals surface area contributed by atoms with E-state index in [1.165, 1.54) is 16.7 Å². The van der Waals surface area contributed by atoms with E-state index in [0.29, 0.717) is 5.01 Å². The number of hydrogen-bond acceptors (Lipinski definition) is 5. The van der Waals surface area contributed by atoms with Gasteiger partial charge < -0.3 is 15.7 Å². The average Bonchev–Trinajstić information content (AvgIpc) is 2.86. The fraction of sp³-hybridized carbons (Fsp3) is 0.545. The first-order chi connectivity index (χ1) is 8.66. The molecule has 98 valence electrons. The molecule has 2 rings (SSSR count). The van der Waals surface area contributed by atoms with Crippen LogP contribution in [0.3, 0.4) is 0 Å². The molecule has 0 saturated carbocycles. The van der Waals surface area contributed by atoms with Crippen LogP contribution in [0, 0.1) is 0 Å². The summed E-state index contributed by atoms with van der Waals surface area (Å²) in [5.41, 5.74) is 0.0278. The zero-order valence-electron chi connectivity index (χ0n) is 9.81. The molecule has 6 nitrogen and oxygen atoms in total. The summed E-state index contributed by atoms with van der Waals surface area (Å²) in [6.07, 6.45) is 3.02. The van der Waals surface area contributed by atoms with Crippen LogP contribution in [0.1, 0.15) is 34.8 Å². The van der Waals surface area contributed by atoms with Crippen LogP contribution in [-0.2, 0) is 11.3 Å². The number of amides is 1. The number of hydrogen-bond donors (Lipinski definition) is 3. The maximum absolute atomic E-state index is 11.8. The summed E-state index contributed by atoms with van der Waals surface area (Å²) < 4.78 is 0. The summed E-state index contributed by atoms with van der Waals surface area (Å²) in [7, 11) is 0. The molecule has 7 heteroatoms. The van der Waals surface area contributed by atoms with Gasteiger partial charge in [-0.15, -0.1) is 11.3 Å². The molecule has 1 aromatic rings. The zero-order chi connectivity index (χ0) is 13.0. The number of nitrogens with zero attached hydrogens (tertiary/aromatic N) is 1. The Balaban J connectivity index is 1.82. The number of aromatic nitrogens is 1. The van der Waals surface area contributed by atoms with Crippen molar-refractivity contribution in [1.82, 2.24) is 15.6 Å². The Morgan fingerprint density at radius 2 is 2.39 bits per heavy atom. The van der Waals surface area contributed by atoms with Crippen molar-refractivity contribution in [3.8, 4) is 0 Å². The van der Waals surface area contributed by atoms with E-state index in [1.54, 1.807) is 0 Å². The summed E-state index contributed by atoms with van der Waals surface area (Å²) in [6, 6.07) is -0.127. The Labute approximate surface area is 108 Å². The molecule has 2 heterocycles. The van der Waals surface area contributed by atoms with Gasteiger partial charge in [0.2, 0.25) is 5.91 Å². The normalized spacial score (nSPS) is 19.4. The van der Waals surface area contributed by atoms with Crippen LogP contribution in [-0.4, -0.2) is 34.6 Å². The molecule has 1 fully saturated rings. The van der Waals surface area contributed by atoms with Crippen LogP contribution in [0.25, 0.3) is 0 Å². The van der Waals surface area contributed by atoms with Crippen molar-refractivity contribution in [3.05, 3.63) is 16.1 Å². The second-order valence-electron chi connectivity index (χ2n) is 4.15. The Bertz CT molecular complexity index is 440. The minimum absolute atomic E-state index is 0.0278. The lowest BCUT2D eigenvalue weighted by Crippen LogP contribution is -2.46. The van der Waals surface area contributed by atoms with Crippen LogP contribution in [0.4, 0.5) is 0 Å². The molecule has 1 atom stereocenters. The van der Waals surface area contributed by atoms with E-state index in [-0.39, 0.29) is 24.2 Å². The third-order valence-electron chi connectivity index (χ3n) is 2.81. The van der Waals surface area contributed by atoms with Gasteiger partial charge in [-0.3, -0.25) is 4.79 Å². The minimum atomic E-state index is -1.04. The maximum atomic E-state index is 11.8. The fourth-order valence-corrected chi connectivity index (χ4v) is 2.56. The van der Waals surface area contributed by atoms with E-state index in [2.05, 4.69) is 15.6 Å². The van der Waals surface area contributed by atoms with Crippen LogP contribution in [0.2, 0.25) is 0 Å². The van der Waals surface area contributed by atoms with E-state index in [0.717, 1.165) is 25.8 Å². The molecule has 0 bridgehead atoms. The number of nitrogens with one attached hydrogen (secondary N) is 2. The highest BCUT2D eigenvalue weighted by Crippen LogP contribution is 2.10. The summed E-state index contributed by atoms with van der Waals surface area (Å²) in [6.45, 7) is 1.16. The van der Waals surface area contributed by atoms with Gasteiger partial charge in [0.05, 0.1) is 12.6 Å². The quantitative estimate of drug-likeness (QED) is 0.744. The number of carboxylic acids is 1. The molecule has 3 N–H and O–H groups in total. The number of rotatable bonds is 4. The van der Waals surface area contributed by atoms with E-state index in [4.69, 9.17) is 5.11 Å². The third-order valence-corrected chi connectivity index (χ3v) is 3.66. The number of thiazole rings is 1. The van der Waals surface area contributed by atoms with Crippen molar-refractivity contribution < 1.29 is 14.7 Å². The van der Waals surface area contributed by atoms with Crippen LogP contribution >= 0.6 is 11.3 Å². The Morgan fingerprint density at radius 1 is 1.56 bits per heavy atom. The predicted octanol–water partition coefficient (Wildman–Crippen LogP) is 0.600. The Hall–Kier alpha value is -1.47. The van der Waals surface area contributed by atoms with Gasteiger partial charge in [-0.2, -0.15) is 0 Å². The van der Waals surface area contributed by atoms with Crippen LogP contribution in [0.5, 0.6) is 0 Å². The molecular weight excluding hydrogens is 254 g/mol. The minimum Gasteiger partial charge on any atom is -0.476 e. The van der Waals surface area contributed by atoms with Crippen molar-refractivity contribution in [3.63, 3.8) is 0 Å². The molecule has 1 aliphatic heterocycles. The standard InChI is InChI=1S/C11H15N3O3S/c15-10(7-3-1-2-4-12-7)13-5-9-14-8(6-18-9)11(16)17/h6-7,12H,1-5H2,(H,13,15)(H,16,17)/t7-/m0/s1. The number of carboxylic acid groups (broad SMARTS) is 1. The van der Waals surface area contributed by atoms with Crippen molar-refractivity contribution in [2.24, 2.45) is 0 Å². The van der Waals surface area contributed by atoms with Crippen LogP contribution < -0.4 is 10.6 Å². The summed E-state index contributed by atoms with van der Waals surface area (Å²) in [5, 5.41) is 16.7. The van der Waals surface area contributed by atoms with Crippen molar-refractivity contribution in [2.75, 3.05) is 6.54 Å². The zero-order valence-corrected chi connectivity index (χ0v) is 10.6. The Morgan fingerprint density at radius 3 is 3.00 bits per heavy atom. The monoisotopic (exact) mass is 269 g/mol. The molecule has 0 spiro atoms. The lowest BCUT2D eigenvalue weighted by atomic mass is 10.0. The second kappa shape index (κ2) is 5.92. The van der Waals surface area contributed by atoms with Crippen molar-refractivity contribution in [1.29, 1.82) is 0 Å². The Kier molecular flexibility index (Phi) is 4.27. The maximum Gasteiger partial charge on any atom is 0.355 e. The molecule has 0 aromatic carbocycles. The van der Waals surface area contributed by atoms with Gasteiger partial charge in [-0.25, -0.2) is 9.78 Å². The number of carbonyl (C=O) groups is 2. The van der Waals surface area contributed by atoms with Gasteiger partial charge in [0.15, 0.2) is 5.69 Å². The molecule has 0 aliphatic carbocycles. The molecule has 0 unspecified atom stereocenters. The smallest absolute Gasteiger partial charge is 0.355 e. The predicted molar refractivity (Wildman–Crippen MR) is 66.6 cm³/mol. The molecule has 1 aliphatic rings. The fourth-order valence-electron chi connectivity index (χ4n) is 1.85. The largest absolute Gasteiger partial charge is 0.476 e.